The molecule has 152 valence electrons. The third-order valence-corrected chi connectivity index (χ3v) is 6.85. The van der Waals surface area contributed by atoms with Crippen molar-refractivity contribution in [3.63, 3.8) is 0 Å². The molecule has 2 fully saturated rings. The molecule has 0 aliphatic carbocycles. The first-order valence-electron chi connectivity index (χ1n) is 11.2. The molecule has 2 aromatic heterocycles. The molecule has 2 aromatic rings. The summed E-state index contributed by atoms with van der Waals surface area (Å²) in [5, 5.41) is 1.18. The summed E-state index contributed by atoms with van der Waals surface area (Å²) < 4.78 is 0. The molecule has 4 rings (SSSR count). The van der Waals surface area contributed by atoms with Gasteiger partial charge in [-0.05, 0) is 76.0 Å². The summed E-state index contributed by atoms with van der Waals surface area (Å²) in [7, 11) is 0. The van der Waals surface area contributed by atoms with Crippen LogP contribution in [0, 0.1) is 5.92 Å². The van der Waals surface area contributed by atoms with Gasteiger partial charge in [0.1, 0.15) is 0 Å². The standard InChI is InChI=1S/C23H35N5/c1-3-27(4-2)20-10-14-26(15-11-20)18-19-8-16-28(17-9-19)22-7-13-25-23-21(22)6-5-12-24-23/h5-7,12-13,19-20H,3-4,8-11,14-18H2,1-2H3. The molecule has 2 saturated heterocycles. The van der Waals surface area contributed by atoms with Crippen molar-refractivity contribution in [3.8, 4) is 0 Å². The van der Waals surface area contributed by atoms with Crippen LogP contribution >= 0.6 is 0 Å². The van der Waals surface area contributed by atoms with Crippen molar-refractivity contribution in [2.24, 2.45) is 5.92 Å². The lowest BCUT2D eigenvalue weighted by molar-refractivity contribution is 0.102. The molecule has 0 spiro atoms. The van der Waals surface area contributed by atoms with Crippen molar-refractivity contribution in [1.82, 2.24) is 19.8 Å². The van der Waals surface area contributed by atoms with Crippen molar-refractivity contribution in [3.05, 3.63) is 30.6 Å². The van der Waals surface area contributed by atoms with E-state index in [2.05, 4.69) is 50.6 Å². The van der Waals surface area contributed by atoms with Crippen molar-refractivity contribution in [1.29, 1.82) is 0 Å². The summed E-state index contributed by atoms with van der Waals surface area (Å²) >= 11 is 0. The van der Waals surface area contributed by atoms with E-state index in [4.69, 9.17) is 0 Å². The average molecular weight is 382 g/mol. The molecule has 0 saturated carbocycles. The van der Waals surface area contributed by atoms with Gasteiger partial charge < -0.3 is 14.7 Å². The van der Waals surface area contributed by atoms with Crippen LogP contribution in [0.3, 0.4) is 0 Å². The van der Waals surface area contributed by atoms with E-state index in [0.717, 1.165) is 30.7 Å². The number of likely N-dealkylation sites (tertiary alicyclic amines) is 1. The number of hydrogen-bond donors (Lipinski definition) is 0. The van der Waals surface area contributed by atoms with E-state index in [9.17, 15) is 0 Å². The quantitative estimate of drug-likeness (QED) is 0.763. The second kappa shape index (κ2) is 9.19. The second-order valence-electron chi connectivity index (χ2n) is 8.39. The van der Waals surface area contributed by atoms with Crippen molar-refractivity contribution in [2.75, 3.05) is 50.7 Å². The molecule has 5 nitrogen and oxygen atoms in total. The minimum atomic E-state index is 0.807. The number of pyridine rings is 2. The molecule has 0 amide bonds. The lowest BCUT2D eigenvalue weighted by Crippen LogP contribution is -2.47. The number of nitrogens with zero attached hydrogens (tertiary/aromatic N) is 5. The highest BCUT2D eigenvalue weighted by atomic mass is 15.2. The fraction of sp³-hybridized carbons (Fsp3) is 0.652. The van der Waals surface area contributed by atoms with Crippen LogP contribution in [-0.2, 0) is 0 Å². The Balaban J connectivity index is 1.28. The van der Waals surface area contributed by atoms with E-state index in [1.54, 1.807) is 0 Å². The summed E-state index contributed by atoms with van der Waals surface area (Å²) in [6, 6.07) is 7.13. The number of fused-ring (bicyclic) bond motifs is 1. The zero-order chi connectivity index (χ0) is 19.3. The fourth-order valence-electron chi connectivity index (χ4n) is 5.17. The van der Waals surface area contributed by atoms with Gasteiger partial charge in [0.2, 0.25) is 0 Å². The Morgan fingerprint density at radius 3 is 2.36 bits per heavy atom. The lowest BCUT2D eigenvalue weighted by atomic mass is 9.94. The summed E-state index contributed by atoms with van der Waals surface area (Å²) in [5.74, 6) is 0.840. The van der Waals surface area contributed by atoms with E-state index in [0.29, 0.717) is 0 Å². The first kappa shape index (κ1) is 19.6. The van der Waals surface area contributed by atoms with Gasteiger partial charge in [-0.2, -0.15) is 0 Å². The maximum Gasteiger partial charge on any atom is 0.161 e. The van der Waals surface area contributed by atoms with Gasteiger partial charge in [-0.25, -0.2) is 9.97 Å². The first-order chi connectivity index (χ1) is 13.8. The van der Waals surface area contributed by atoms with E-state index in [-0.39, 0.29) is 0 Å². The van der Waals surface area contributed by atoms with Gasteiger partial charge in [0.05, 0.1) is 0 Å². The topological polar surface area (TPSA) is 35.5 Å². The first-order valence-corrected chi connectivity index (χ1v) is 11.2. The Hall–Kier alpha value is -1.72. The Morgan fingerprint density at radius 1 is 0.929 bits per heavy atom. The van der Waals surface area contributed by atoms with Gasteiger partial charge in [0.25, 0.3) is 0 Å². The molecule has 2 aliphatic heterocycles. The molecule has 0 N–H and O–H groups in total. The fourth-order valence-corrected chi connectivity index (χ4v) is 5.17. The SMILES string of the molecule is CCN(CC)C1CCN(CC2CCN(c3ccnc4ncccc34)CC2)CC1. The molecule has 0 aromatic carbocycles. The molecule has 0 unspecified atom stereocenters. The van der Waals surface area contributed by atoms with Crippen molar-refractivity contribution < 1.29 is 0 Å². The molecule has 4 heterocycles. The number of rotatable bonds is 6. The third kappa shape index (κ3) is 4.31. The highest BCUT2D eigenvalue weighted by molar-refractivity contribution is 5.89. The number of piperidine rings is 2. The van der Waals surface area contributed by atoms with Crippen molar-refractivity contribution in [2.45, 2.75) is 45.6 Å². The van der Waals surface area contributed by atoms with Crippen LogP contribution in [0.1, 0.15) is 39.5 Å². The summed E-state index contributed by atoms with van der Waals surface area (Å²) in [4.78, 5) is 16.7. The maximum absolute atomic E-state index is 4.41. The summed E-state index contributed by atoms with van der Waals surface area (Å²) in [5.41, 5.74) is 2.16. The van der Waals surface area contributed by atoms with Gasteiger partial charge in [0, 0.05) is 49.1 Å². The third-order valence-electron chi connectivity index (χ3n) is 6.85. The van der Waals surface area contributed by atoms with Crippen LogP contribution in [0.2, 0.25) is 0 Å². The van der Waals surface area contributed by atoms with Crippen LogP contribution in [0.25, 0.3) is 11.0 Å². The van der Waals surface area contributed by atoms with Gasteiger partial charge in [-0.1, -0.05) is 13.8 Å². The average Bonchev–Trinajstić information content (AvgIpc) is 2.76. The largest absolute Gasteiger partial charge is 0.371 e. The minimum Gasteiger partial charge on any atom is -0.371 e. The van der Waals surface area contributed by atoms with Crippen LogP contribution in [-0.4, -0.2) is 71.6 Å². The Kier molecular flexibility index (Phi) is 6.43. The molecule has 0 radical (unpaired) electrons. The molecule has 0 atom stereocenters. The Bertz CT molecular complexity index is 738. The molecule has 28 heavy (non-hydrogen) atoms. The Morgan fingerprint density at radius 2 is 1.64 bits per heavy atom. The van der Waals surface area contributed by atoms with Crippen LogP contribution in [0.15, 0.2) is 30.6 Å². The number of hydrogen-bond acceptors (Lipinski definition) is 5. The summed E-state index contributed by atoms with van der Waals surface area (Å²) in [6.45, 7) is 13.1. The zero-order valence-electron chi connectivity index (χ0n) is 17.6. The minimum absolute atomic E-state index is 0.807. The van der Waals surface area contributed by atoms with Crippen LogP contribution in [0.4, 0.5) is 5.69 Å². The zero-order valence-corrected chi connectivity index (χ0v) is 17.6. The smallest absolute Gasteiger partial charge is 0.161 e. The van der Waals surface area contributed by atoms with E-state index in [1.807, 2.05) is 18.5 Å². The molecule has 2 aliphatic rings. The molecule has 0 bridgehead atoms. The van der Waals surface area contributed by atoms with Gasteiger partial charge in [-0.15, -0.1) is 0 Å². The van der Waals surface area contributed by atoms with Gasteiger partial charge >= 0.3 is 0 Å². The van der Waals surface area contributed by atoms with Crippen molar-refractivity contribution >= 4 is 16.7 Å². The highest BCUT2D eigenvalue weighted by Gasteiger charge is 2.26. The number of anilines is 1. The van der Waals surface area contributed by atoms with Crippen LogP contribution < -0.4 is 4.90 Å². The van der Waals surface area contributed by atoms with Crippen LogP contribution in [0.5, 0.6) is 0 Å². The summed E-state index contributed by atoms with van der Waals surface area (Å²) in [6.07, 6.45) is 9.00. The number of aromatic nitrogens is 2. The monoisotopic (exact) mass is 381 g/mol. The van der Waals surface area contributed by atoms with Gasteiger partial charge in [-0.3, -0.25) is 0 Å². The predicted molar refractivity (Wildman–Crippen MR) is 117 cm³/mol. The molecular weight excluding hydrogens is 346 g/mol. The van der Waals surface area contributed by atoms with E-state index < -0.39 is 0 Å². The van der Waals surface area contributed by atoms with E-state index in [1.165, 1.54) is 69.5 Å². The maximum atomic E-state index is 4.41. The molecule has 5 heteroatoms. The lowest BCUT2D eigenvalue weighted by Gasteiger charge is -2.40. The Labute approximate surface area is 169 Å². The predicted octanol–water partition coefficient (Wildman–Crippen LogP) is 3.65. The normalized spacial score (nSPS) is 20.3. The second-order valence-corrected chi connectivity index (χ2v) is 8.39. The highest BCUT2D eigenvalue weighted by Crippen LogP contribution is 2.29. The van der Waals surface area contributed by atoms with E-state index >= 15 is 0 Å². The van der Waals surface area contributed by atoms with Gasteiger partial charge in [0.15, 0.2) is 5.65 Å². The molecular formula is C23H35N5.